The molecule has 0 bridgehead atoms. The van der Waals surface area contributed by atoms with Gasteiger partial charge in [0.05, 0.1) is 6.42 Å². The zero-order valence-corrected chi connectivity index (χ0v) is 11.4. The number of carboxylic acid groups (broad SMARTS) is 1. The second kappa shape index (κ2) is 6.89. The molecule has 0 aliphatic rings. The predicted octanol–water partition coefficient (Wildman–Crippen LogP) is 2.16. The maximum atomic E-state index is 11.0. The van der Waals surface area contributed by atoms with Crippen LogP contribution in [0.2, 0.25) is 0 Å². The van der Waals surface area contributed by atoms with E-state index in [-0.39, 0.29) is 24.4 Å². The molecule has 19 heavy (non-hydrogen) atoms. The molecule has 1 aromatic carbocycles. The highest BCUT2D eigenvalue weighted by Gasteiger charge is 2.12. The third-order valence-corrected chi connectivity index (χ3v) is 2.72. The molecule has 0 heterocycles. The summed E-state index contributed by atoms with van der Waals surface area (Å²) >= 11 is 0. The van der Waals surface area contributed by atoms with E-state index in [2.05, 4.69) is 10.6 Å². The fraction of sp³-hybridized carbons (Fsp3) is 0.429. The highest BCUT2D eigenvalue weighted by molar-refractivity contribution is 5.88. The van der Waals surface area contributed by atoms with Crippen LogP contribution in [0.15, 0.2) is 24.3 Å². The Balaban J connectivity index is 2.68. The van der Waals surface area contributed by atoms with E-state index >= 15 is 0 Å². The molecule has 0 spiro atoms. The smallest absolute Gasteiger partial charge is 0.304 e. The molecule has 0 aliphatic heterocycles. The SMILES string of the molecule is CC(=O)Nc1cccc(C(C)NC(C)CC(=O)O)c1. The lowest BCUT2D eigenvalue weighted by atomic mass is 10.1. The lowest BCUT2D eigenvalue weighted by molar-refractivity contribution is -0.137. The first kappa shape index (κ1) is 15.2. The van der Waals surface area contributed by atoms with Gasteiger partial charge in [0.15, 0.2) is 0 Å². The van der Waals surface area contributed by atoms with Crippen molar-refractivity contribution in [1.82, 2.24) is 5.32 Å². The van der Waals surface area contributed by atoms with Crippen molar-refractivity contribution in [3.63, 3.8) is 0 Å². The summed E-state index contributed by atoms with van der Waals surface area (Å²) in [6, 6.07) is 7.40. The van der Waals surface area contributed by atoms with E-state index in [1.807, 2.05) is 38.1 Å². The molecule has 2 atom stereocenters. The Bertz CT molecular complexity index is 460. The summed E-state index contributed by atoms with van der Waals surface area (Å²) in [5.74, 6) is -0.934. The third-order valence-electron chi connectivity index (χ3n) is 2.72. The van der Waals surface area contributed by atoms with Crippen molar-refractivity contribution in [2.45, 2.75) is 39.3 Å². The topological polar surface area (TPSA) is 78.4 Å². The number of nitrogens with one attached hydrogen (secondary N) is 2. The number of aliphatic carboxylic acids is 1. The van der Waals surface area contributed by atoms with Crippen LogP contribution < -0.4 is 10.6 Å². The van der Waals surface area contributed by atoms with Gasteiger partial charge in [0, 0.05) is 24.7 Å². The van der Waals surface area contributed by atoms with E-state index < -0.39 is 5.97 Å². The van der Waals surface area contributed by atoms with Crippen LogP contribution in [-0.2, 0) is 9.59 Å². The van der Waals surface area contributed by atoms with Crippen LogP contribution in [0.3, 0.4) is 0 Å². The molecule has 0 radical (unpaired) electrons. The van der Waals surface area contributed by atoms with Gasteiger partial charge < -0.3 is 15.7 Å². The molecule has 5 nitrogen and oxygen atoms in total. The summed E-state index contributed by atoms with van der Waals surface area (Å²) in [5.41, 5.74) is 1.74. The monoisotopic (exact) mass is 264 g/mol. The van der Waals surface area contributed by atoms with Crippen molar-refractivity contribution in [3.05, 3.63) is 29.8 Å². The molecule has 0 aliphatic carbocycles. The Hall–Kier alpha value is -1.88. The van der Waals surface area contributed by atoms with Crippen LogP contribution in [0.25, 0.3) is 0 Å². The molecule has 1 aromatic rings. The first-order valence-electron chi connectivity index (χ1n) is 6.24. The molecule has 5 heteroatoms. The predicted molar refractivity (Wildman–Crippen MR) is 74.0 cm³/mol. The van der Waals surface area contributed by atoms with Crippen molar-refractivity contribution in [1.29, 1.82) is 0 Å². The van der Waals surface area contributed by atoms with Crippen molar-refractivity contribution in [3.8, 4) is 0 Å². The minimum atomic E-state index is -0.820. The van der Waals surface area contributed by atoms with Gasteiger partial charge in [-0.05, 0) is 31.5 Å². The molecule has 104 valence electrons. The molecule has 1 rings (SSSR count). The molecular formula is C14H20N2O3. The number of amides is 1. The number of hydrogen-bond acceptors (Lipinski definition) is 3. The number of carbonyl (C=O) groups is 2. The Morgan fingerprint density at radius 3 is 2.58 bits per heavy atom. The van der Waals surface area contributed by atoms with Gasteiger partial charge in [0.25, 0.3) is 0 Å². The number of rotatable bonds is 6. The van der Waals surface area contributed by atoms with E-state index in [0.717, 1.165) is 11.3 Å². The molecule has 2 unspecified atom stereocenters. The van der Waals surface area contributed by atoms with Crippen molar-refractivity contribution in [2.24, 2.45) is 0 Å². The van der Waals surface area contributed by atoms with Gasteiger partial charge in [0.1, 0.15) is 0 Å². The van der Waals surface area contributed by atoms with E-state index in [4.69, 9.17) is 5.11 Å². The van der Waals surface area contributed by atoms with Gasteiger partial charge >= 0.3 is 5.97 Å². The fourth-order valence-corrected chi connectivity index (χ4v) is 1.93. The van der Waals surface area contributed by atoms with Crippen molar-refractivity contribution < 1.29 is 14.7 Å². The minimum absolute atomic E-state index is 0.0167. The summed E-state index contributed by atoms with van der Waals surface area (Å²) < 4.78 is 0. The van der Waals surface area contributed by atoms with Crippen LogP contribution in [0.1, 0.15) is 38.8 Å². The normalized spacial score (nSPS) is 13.6. The van der Waals surface area contributed by atoms with Crippen molar-refractivity contribution >= 4 is 17.6 Å². The Labute approximate surface area is 113 Å². The quantitative estimate of drug-likeness (QED) is 0.735. The van der Waals surface area contributed by atoms with Crippen LogP contribution in [0.5, 0.6) is 0 Å². The second-order valence-corrected chi connectivity index (χ2v) is 4.69. The largest absolute Gasteiger partial charge is 0.481 e. The van der Waals surface area contributed by atoms with E-state index in [1.165, 1.54) is 6.92 Å². The molecule has 0 saturated heterocycles. The first-order valence-corrected chi connectivity index (χ1v) is 6.24. The van der Waals surface area contributed by atoms with Crippen LogP contribution >= 0.6 is 0 Å². The molecule has 3 N–H and O–H groups in total. The summed E-state index contributed by atoms with van der Waals surface area (Å²) in [7, 11) is 0. The van der Waals surface area contributed by atoms with Gasteiger partial charge in [-0.25, -0.2) is 0 Å². The van der Waals surface area contributed by atoms with Gasteiger partial charge in [-0.15, -0.1) is 0 Å². The number of hydrogen-bond donors (Lipinski definition) is 3. The van der Waals surface area contributed by atoms with Gasteiger partial charge in [-0.2, -0.15) is 0 Å². The summed E-state index contributed by atoms with van der Waals surface area (Å²) in [6.45, 7) is 5.26. The Morgan fingerprint density at radius 1 is 1.32 bits per heavy atom. The first-order chi connectivity index (χ1) is 8.88. The standard InChI is InChI=1S/C14H20N2O3/c1-9(7-14(18)19)15-10(2)12-5-4-6-13(8-12)16-11(3)17/h4-6,8-10,15H,7H2,1-3H3,(H,16,17)(H,18,19). The molecular weight excluding hydrogens is 244 g/mol. The van der Waals surface area contributed by atoms with E-state index in [0.29, 0.717) is 0 Å². The highest BCUT2D eigenvalue weighted by atomic mass is 16.4. The molecule has 1 amide bonds. The van der Waals surface area contributed by atoms with Gasteiger partial charge in [-0.3, -0.25) is 9.59 Å². The molecule has 0 saturated carbocycles. The summed E-state index contributed by atoms with van der Waals surface area (Å²) in [5, 5.41) is 14.7. The summed E-state index contributed by atoms with van der Waals surface area (Å²) in [4.78, 5) is 21.6. The lowest BCUT2D eigenvalue weighted by Crippen LogP contribution is -2.30. The van der Waals surface area contributed by atoms with Crippen LogP contribution in [0, 0.1) is 0 Å². The fourth-order valence-electron chi connectivity index (χ4n) is 1.93. The van der Waals surface area contributed by atoms with Crippen LogP contribution in [0.4, 0.5) is 5.69 Å². The molecule has 0 fully saturated rings. The van der Waals surface area contributed by atoms with Gasteiger partial charge in [-0.1, -0.05) is 12.1 Å². The van der Waals surface area contributed by atoms with Crippen molar-refractivity contribution in [2.75, 3.05) is 5.32 Å². The average Bonchev–Trinajstić information content (AvgIpc) is 2.27. The maximum absolute atomic E-state index is 11.0. The zero-order valence-electron chi connectivity index (χ0n) is 11.4. The average molecular weight is 264 g/mol. The Morgan fingerprint density at radius 2 is 2.00 bits per heavy atom. The second-order valence-electron chi connectivity index (χ2n) is 4.69. The van der Waals surface area contributed by atoms with E-state index in [1.54, 1.807) is 0 Å². The number of benzene rings is 1. The third kappa shape index (κ3) is 5.52. The molecule has 0 aromatic heterocycles. The summed E-state index contributed by atoms with van der Waals surface area (Å²) in [6.07, 6.45) is 0.0791. The minimum Gasteiger partial charge on any atom is -0.481 e. The maximum Gasteiger partial charge on any atom is 0.304 e. The van der Waals surface area contributed by atoms with E-state index in [9.17, 15) is 9.59 Å². The number of carbonyl (C=O) groups excluding carboxylic acids is 1. The number of carboxylic acids is 1. The van der Waals surface area contributed by atoms with Gasteiger partial charge in [0.2, 0.25) is 5.91 Å². The van der Waals surface area contributed by atoms with Crippen LogP contribution in [-0.4, -0.2) is 23.0 Å². The number of anilines is 1. The lowest BCUT2D eigenvalue weighted by Gasteiger charge is -2.19. The zero-order chi connectivity index (χ0) is 14.4. The highest BCUT2D eigenvalue weighted by Crippen LogP contribution is 2.18. The Kier molecular flexibility index (Phi) is 5.51.